The Labute approximate surface area is 216 Å². The number of ether oxygens (including phenoxy) is 3. The quantitative estimate of drug-likeness (QED) is 0.237. The fourth-order valence-electron chi connectivity index (χ4n) is 4.41. The Balaban J connectivity index is 1.82. The summed E-state index contributed by atoms with van der Waals surface area (Å²) in [6.45, 7) is 6.36. The van der Waals surface area contributed by atoms with Crippen molar-refractivity contribution in [3.63, 3.8) is 0 Å². The van der Waals surface area contributed by atoms with Crippen LogP contribution in [0, 0.1) is 0 Å². The number of nitrogens with zero attached hydrogens (tertiary/aromatic N) is 1. The Morgan fingerprint density at radius 2 is 1.65 bits per heavy atom. The van der Waals surface area contributed by atoms with Gasteiger partial charge in [0.05, 0.1) is 31.4 Å². The van der Waals surface area contributed by atoms with Gasteiger partial charge in [0.15, 0.2) is 0 Å². The summed E-state index contributed by atoms with van der Waals surface area (Å²) in [6.07, 6.45) is 0.00200. The van der Waals surface area contributed by atoms with Crippen LogP contribution >= 0.6 is 0 Å². The second-order valence-corrected chi connectivity index (χ2v) is 8.98. The molecule has 1 N–H and O–H groups in total. The van der Waals surface area contributed by atoms with E-state index in [-0.39, 0.29) is 24.0 Å². The first-order valence-electron chi connectivity index (χ1n) is 12.2. The van der Waals surface area contributed by atoms with Crippen molar-refractivity contribution in [1.29, 1.82) is 0 Å². The highest BCUT2D eigenvalue weighted by molar-refractivity contribution is 6.46. The molecule has 3 aromatic rings. The molecule has 1 unspecified atom stereocenters. The van der Waals surface area contributed by atoms with Crippen LogP contribution in [-0.2, 0) is 16.1 Å². The van der Waals surface area contributed by atoms with Gasteiger partial charge in [0, 0.05) is 12.1 Å². The van der Waals surface area contributed by atoms with Gasteiger partial charge >= 0.3 is 0 Å². The average Bonchev–Trinajstić information content (AvgIpc) is 3.14. The van der Waals surface area contributed by atoms with Gasteiger partial charge in [0.25, 0.3) is 11.7 Å². The molecule has 0 aromatic heterocycles. The molecule has 1 aliphatic rings. The summed E-state index contributed by atoms with van der Waals surface area (Å²) in [6, 6.07) is 20.6. The van der Waals surface area contributed by atoms with E-state index in [1.54, 1.807) is 43.5 Å². The Kier molecular flexibility index (Phi) is 7.82. The van der Waals surface area contributed by atoms with E-state index < -0.39 is 17.7 Å². The first-order valence-corrected chi connectivity index (χ1v) is 12.2. The summed E-state index contributed by atoms with van der Waals surface area (Å²) < 4.78 is 16.7. The number of Topliss-reactive ketones (excluding diaryl/α,β-unsaturated/α-hetero) is 1. The van der Waals surface area contributed by atoms with E-state index in [9.17, 15) is 14.7 Å². The van der Waals surface area contributed by atoms with Crippen LogP contribution in [0.4, 0.5) is 0 Å². The number of aliphatic hydroxyl groups excluding tert-OH is 1. The average molecular weight is 502 g/mol. The molecule has 1 heterocycles. The normalized spacial score (nSPS) is 16.8. The van der Waals surface area contributed by atoms with Crippen molar-refractivity contribution in [3.05, 3.63) is 95.1 Å². The molecule has 0 bridgehead atoms. The molecule has 0 saturated carbocycles. The molecule has 1 amide bonds. The zero-order valence-electron chi connectivity index (χ0n) is 21.4. The maximum absolute atomic E-state index is 13.4. The highest BCUT2D eigenvalue weighted by Gasteiger charge is 2.46. The fraction of sp³-hybridized carbons (Fsp3) is 0.267. The van der Waals surface area contributed by atoms with Gasteiger partial charge in [-0.15, -0.1) is 0 Å². The van der Waals surface area contributed by atoms with Crippen LogP contribution in [0.3, 0.4) is 0 Å². The van der Waals surface area contributed by atoms with Crippen molar-refractivity contribution in [2.24, 2.45) is 0 Å². The van der Waals surface area contributed by atoms with Crippen LogP contribution in [0.5, 0.6) is 17.2 Å². The predicted octanol–water partition coefficient (Wildman–Crippen LogP) is 5.50. The zero-order chi connectivity index (χ0) is 26.5. The lowest BCUT2D eigenvalue weighted by Crippen LogP contribution is -2.29. The van der Waals surface area contributed by atoms with Gasteiger partial charge in [-0.25, -0.2) is 0 Å². The van der Waals surface area contributed by atoms with Gasteiger partial charge in [-0.1, -0.05) is 36.4 Å². The largest absolute Gasteiger partial charge is 0.507 e. The number of amides is 1. The van der Waals surface area contributed by atoms with Crippen molar-refractivity contribution >= 4 is 17.4 Å². The number of aliphatic hydroxyl groups is 1. The number of likely N-dealkylation sites (tertiary alicyclic amines) is 1. The maximum atomic E-state index is 13.4. The topological polar surface area (TPSA) is 85.3 Å². The maximum Gasteiger partial charge on any atom is 0.295 e. The smallest absolute Gasteiger partial charge is 0.295 e. The lowest BCUT2D eigenvalue weighted by molar-refractivity contribution is -0.140. The highest BCUT2D eigenvalue weighted by Crippen LogP contribution is 2.41. The molecule has 0 spiro atoms. The molecule has 1 atom stereocenters. The number of carbonyl (C=O) groups is 2. The summed E-state index contributed by atoms with van der Waals surface area (Å²) in [5.74, 6) is 0.207. The van der Waals surface area contributed by atoms with Crippen LogP contribution in [0.2, 0.25) is 0 Å². The van der Waals surface area contributed by atoms with E-state index in [1.165, 1.54) is 4.90 Å². The third-order valence-corrected chi connectivity index (χ3v) is 6.01. The molecular formula is C30H31NO6. The first kappa shape index (κ1) is 25.8. The number of ketones is 1. The molecular weight excluding hydrogens is 470 g/mol. The molecule has 0 radical (unpaired) electrons. The standard InChI is InChI=1S/C30H31NO6/c1-5-36-25-11-7-9-22(17-25)28(32)26-27(21-12-14-23(15-13-21)37-19(2)3)31(30(34)29(26)33)18-20-8-6-10-24(16-20)35-4/h6-17,19,27,32H,5,18H2,1-4H3/b28-26-. The minimum absolute atomic E-state index is 0.00200. The predicted molar refractivity (Wildman–Crippen MR) is 141 cm³/mol. The van der Waals surface area contributed by atoms with Crippen molar-refractivity contribution in [1.82, 2.24) is 4.90 Å². The second-order valence-electron chi connectivity index (χ2n) is 8.98. The van der Waals surface area contributed by atoms with Crippen LogP contribution in [0.25, 0.3) is 5.76 Å². The van der Waals surface area contributed by atoms with Crippen LogP contribution in [-0.4, -0.2) is 41.5 Å². The van der Waals surface area contributed by atoms with Crippen molar-refractivity contribution < 1.29 is 28.9 Å². The molecule has 1 saturated heterocycles. The summed E-state index contributed by atoms with van der Waals surface area (Å²) in [7, 11) is 1.57. The van der Waals surface area contributed by atoms with Crippen molar-refractivity contribution in [2.75, 3.05) is 13.7 Å². The molecule has 4 rings (SSSR count). The van der Waals surface area contributed by atoms with Gasteiger partial charge in [0.1, 0.15) is 23.0 Å². The van der Waals surface area contributed by atoms with Crippen LogP contribution < -0.4 is 14.2 Å². The Morgan fingerprint density at radius 1 is 0.946 bits per heavy atom. The first-order chi connectivity index (χ1) is 17.8. The van der Waals surface area contributed by atoms with E-state index in [4.69, 9.17) is 14.2 Å². The summed E-state index contributed by atoms with van der Waals surface area (Å²) in [4.78, 5) is 28.2. The number of hydrogen-bond acceptors (Lipinski definition) is 6. The molecule has 37 heavy (non-hydrogen) atoms. The SMILES string of the molecule is CCOc1cccc(/C(O)=C2/C(=O)C(=O)N(Cc3cccc(OC)c3)C2c2ccc(OC(C)C)cc2)c1. The minimum Gasteiger partial charge on any atom is -0.507 e. The number of carbonyl (C=O) groups excluding carboxylic acids is 2. The van der Waals surface area contributed by atoms with Gasteiger partial charge in [-0.2, -0.15) is 0 Å². The molecule has 1 fully saturated rings. The van der Waals surface area contributed by atoms with Crippen molar-refractivity contribution in [3.8, 4) is 17.2 Å². The lowest BCUT2D eigenvalue weighted by Gasteiger charge is -2.26. The van der Waals surface area contributed by atoms with Gasteiger partial charge in [-0.05, 0) is 68.3 Å². The molecule has 0 aliphatic carbocycles. The summed E-state index contributed by atoms with van der Waals surface area (Å²) in [5, 5.41) is 11.4. The van der Waals surface area contributed by atoms with E-state index in [0.717, 1.165) is 5.56 Å². The van der Waals surface area contributed by atoms with Crippen molar-refractivity contribution in [2.45, 2.75) is 39.5 Å². The molecule has 1 aliphatic heterocycles. The Bertz CT molecular complexity index is 1310. The van der Waals surface area contributed by atoms with Gasteiger partial charge < -0.3 is 24.2 Å². The Hall–Kier alpha value is -4.26. The molecule has 192 valence electrons. The molecule has 3 aromatic carbocycles. The monoisotopic (exact) mass is 501 g/mol. The molecule has 7 nitrogen and oxygen atoms in total. The van der Waals surface area contributed by atoms with Gasteiger partial charge in [-0.3, -0.25) is 9.59 Å². The number of rotatable bonds is 9. The van der Waals surface area contributed by atoms with Crippen LogP contribution in [0.1, 0.15) is 43.5 Å². The van der Waals surface area contributed by atoms with Crippen LogP contribution in [0.15, 0.2) is 78.4 Å². The third-order valence-electron chi connectivity index (χ3n) is 6.01. The summed E-state index contributed by atoms with van der Waals surface area (Å²) >= 11 is 0. The highest BCUT2D eigenvalue weighted by atomic mass is 16.5. The number of methoxy groups -OCH3 is 1. The third kappa shape index (κ3) is 5.61. The zero-order valence-corrected chi connectivity index (χ0v) is 21.4. The Morgan fingerprint density at radius 3 is 2.32 bits per heavy atom. The summed E-state index contributed by atoms with van der Waals surface area (Å²) in [5.41, 5.74) is 1.90. The number of benzene rings is 3. The van der Waals surface area contributed by atoms with E-state index >= 15 is 0 Å². The van der Waals surface area contributed by atoms with Gasteiger partial charge in [0.2, 0.25) is 0 Å². The lowest BCUT2D eigenvalue weighted by atomic mass is 9.95. The molecule has 7 heteroatoms. The minimum atomic E-state index is -0.796. The van der Waals surface area contributed by atoms with E-state index in [1.807, 2.05) is 57.2 Å². The number of hydrogen-bond donors (Lipinski definition) is 1. The second kappa shape index (κ2) is 11.2. The fourth-order valence-corrected chi connectivity index (χ4v) is 4.41. The van der Waals surface area contributed by atoms with E-state index in [2.05, 4.69) is 0 Å². The van der Waals surface area contributed by atoms with E-state index in [0.29, 0.717) is 35.0 Å².